The predicted octanol–water partition coefficient (Wildman–Crippen LogP) is 7.41. The molecule has 1 N–H and O–H groups in total. The van der Waals surface area contributed by atoms with Crippen molar-refractivity contribution in [3.8, 4) is 22.8 Å². The summed E-state index contributed by atoms with van der Waals surface area (Å²) in [6.45, 7) is 0.911. The third-order valence-corrected chi connectivity index (χ3v) is 6.14. The Balaban J connectivity index is 1.28. The number of hydrogen-bond acceptors (Lipinski definition) is 6. The van der Waals surface area contributed by atoms with E-state index in [0.29, 0.717) is 24.7 Å². The molecule has 0 aliphatic carbocycles. The normalized spacial score (nSPS) is 10.9. The highest BCUT2D eigenvalue weighted by molar-refractivity contribution is 7.14. The fourth-order valence-corrected chi connectivity index (χ4v) is 4.20. The molecule has 6 heteroatoms. The average Bonchev–Trinajstić information content (AvgIpc) is 3.42. The number of hydrazone groups is 1. The molecular formula is C30H25N3O2S. The van der Waals surface area contributed by atoms with Crippen molar-refractivity contribution in [2.45, 2.75) is 13.2 Å². The van der Waals surface area contributed by atoms with Gasteiger partial charge in [-0.2, -0.15) is 5.10 Å². The van der Waals surface area contributed by atoms with E-state index in [1.54, 1.807) is 6.21 Å². The summed E-state index contributed by atoms with van der Waals surface area (Å²) in [5.74, 6) is 1.35. The van der Waals surface area contributed by atoms with Crippen molar-refractivity contribution >= 4 is 22.7 Å². The van der Waals surface area contributed by atoms with Crippen LogP contribution in [0.2, 0.25) is 0 Å². The van der Waals surface area contributed by atoms with E-state index < -0.39 is 0 Å². The molecule has 5 aromatic rings. The van der Waals surface area contributed by atoms with Crippen LogP contribution in [0.4, 0.5) is 5.13 Å². The minimum atomic E-state index is 0.447. The van der Waals surface area contributed by atoms with Gasteiger partial charge in [0.2, 0.25) is 5.13 Å². The Labute approximate surface area is 214 Å². The lowest BCUT2D eigenvalue weighted by molar-refractivity contribution is 0.256. The molecular weight excluding hydrogens is 466 g/mol. The second-order valence-electron chi connectivity index (χ2n) is 8.03. The van der Waals surface area contributed by atoms with Gasteiger partial charge in [0.25, 0.3) is 0 Å². The second-order valence-corrected chi connectivity index (χ2v) is 8.89. The van der Waals surface area contributed by atoms with Gasteiger partial charge < -0.3 is 9.47 Å². The van der Waals surface area contributed by atoms with E-state index in [9.17, 15) is 0 Å². The van der Waals surface area contributed by atoms with Crippen LogP contribution in [0.3, 0.4) is 0 Å². The summed E-state index contributed by atoms with van der Waals surface area (Å²) in [6.07, 6.45) is 1.75. The second kappa shape index (κ2) is 11.8. The van der Waals surface area contributed by atoms with Crippen molar-refractivity contribution in [2.24, 2.45) is 5.10 Å². The molecule has 1 heterocycles. The van der Waals surface area contributed by atoms with Gasteiger partial charge in [-0.05, 0) is 34.9 Å². The highest BCUT2D eigenvalue weighted by atomic mass is 32.1. The molecule has 36 heavy (non-hydrogen) atoms. The summed E-state index contributed by atoms with van der Waals surface area (Å²) in [6, 6.07) is 36.1. The third-order valence-electron chi connectivity index (χ3n) is 5.39. The van der Waals surface area contributed by atoms with E-state index >= 15 is 0 Å². The van der Waals surface area contributed by atoms with Crippen LogP contribution in [0.5, 0.6) is 11.5 Å². The number of benzene rings is 4. The van der Waals surface area contributed by atoms with Crippen LogP contribution in [0.25, 0.3) is 11.3 Å². The molecule has 0 aliphatic heterocycles. The molecule has 0 radical (unpaired) electrons. The molecule has 178 valence electrons. The average molecular weight is 492 g/mol. The van der Waals surface area contributed by atoms with Crippen LogP contribution in [0.15, 0.2) is 120 Å². The van der Waals surface area contributed by atoms with Gasteiger partial charge in [0.15, 0.2) is 11.5 Å². The highest BCUT2D eigenvalue weighted by Crippen LogP contribution is 2.30. The first-order valence-corrected chi connectivity index (χ1v) is 12.5. The topological polar surface area (TPSA) is 55.7 Å². The zero-order valence-corrected chi connectivity index (χ0v) is 20.4. The monoisotopic (exact) mass is 491 g/mol. The van der Waals surface area contributed by atoms with Gasteiger partial charge in [0.1, 0.15) is 13.2 Å². The SMILES string of the molecule is C(=NNc1nc(-c2ccccc2)cs1)c1ccc(OCc2ccccc2)c(OCc2ccccc2)c1. The first-order chi connectivity index (χ1) is 17.8. The minimum Gasteiger partial charge on any atom is -0.485 e. The van der Waals surface area contributed by atoms with Gasteiger partial charge in [-0.25, -0.2) is 4.98 Å². The van der Waals surface area contributed by atoms with Crippen LogP contribution >= 0.6 is 11.3 Å². The molecule has 0 unspecified atom stereocenters. The number of nitrogens with one attached hydrogen (secondary N) is 1. The largest absolute Gasteiger partial charge is 0.485 e. The Morgan fingerprint density at radius 1 is 0.722 bits per heavy atom. The maximum absolute atomic E-state index is 6.15. The Morgan fingerprint density at radius 2 is 1.33 bits per heavy atom. The summed E-state index contributed by atoms with van der Waals surface area (Å²) < 4.78 is 12.2. The van der Waals surface area contributed by atoms with E-state index in [2.05, 4.69) is 15.5 Å². The summed E-state index contributed by atoms with van der Waals surface area (Å²) in [7, 11) is 0. The van der Waals surface area contributed by atoms with Gasteiger partial charge in [0, 0.05) is 10.9 Å². The molecule has 5 nitrogen and oxygen atoms in total. The number of aromatic nitrogens is 1. The molecule has 0 saturated carbocycles. The zero-order chi connectivity index (χ0) is 24.4. The van der Waals surface area contributed by atoms with Crippen molar-refractivity contribution in [1.29, 1.82) is 0 Å². The van der Waals surface area contributed by atoms with Gasteiger partial charge in [-0.15, -0.1) is 11.3 Å². The Kier molecular flexibility index (Phi) is 7.66. The van der Waals surface area contributed by atoms with E-state index in [4.69, 9.17) is 9.47 Å². The number of hydrogen-bond donors (Lipinski definition) is 1. The first kappa shape index (κ1) is 23.3. The smallest absolute Gasteiger partial charge is 0.203 e. The number of nitrogens with zero attached hydrogens (tertiary/aromatic N) is 2. The third kappa shape index (κ3) is 6.37. The zero-order valence-electron chi connectivity index (χ0n) is 19.6. The number of rotatable bonds is 10. The maximum atomic E-state index is 6.15. The number of anilines is 1. The molecule has 0 spiro atoms. The standard InChI is InChI=1S/C30H25N3O2S/c1-4-10-23(11-5-1)20-34-28-17-16-25(18-29(28)35-21-24-12-6-2-7-13-24)19-31-33-30-32-27(22-36-30)26-14-8-3-9-15-26/h1-19,22H,20-21H2,(H,32,33). The fraction of sp³-hybridized carbons (Fsp3) is 0.0667. The lowest BCUT2D eigenvalue weighted by atomic mass is 10.2. The fourth-order valence-electron chi connectivity index (χ4n) is 3.54. The minimum absolute atomic E-state index is 0.447. The van der Waals surface area contributed by atoms with Crippen LogP contribution in [-0.4, -0.2) is 11.2 Å². The maximum Gasteiger partial charge on any atom is 0.203 e. The molecule has 0 aliphatic rings. The van der Waals surface area contributed by atoms with Crippen LogP contribution in [-0.2, 0) is 13.2 Å². The van der Waals surface area contributed by atoms with Gasteiger partial charge in [-0.1, -0.05) is 91.0 Å². The predicted molar refractivity (Wildman–Crippen MR) is 147 cm³/mol. The van der Waals surface area contributed by atoms with Crippen LogP contribution in [0, 0.1) is 0 Å². The lowest BCUT2D eigenvalue weighted by Gasteiger charge is -2.14. The van der Waals surface area contributed by atoms with Crippen LogP contribution < -0.4 is 14.9 Å². The number of thiazole rings is 1. The molecule has 1 aromatic heterocycles. The summed E-state index contributed by atoms with van der Waals surface area (Å²) in [4.78, 5) is 4.61. The van der Waals surface area contributed by atoms with Crippen molar-refractivity contribution < 1.29 is 9.47 Å². The lowest BCUT2D eigenvalue weighted by Crippen LogP contribution is -2.01. The van der Waals surface area contributed by atoms with Crippen molar-refractivity contribution in [2.75, 3.05) is 5.43 Å². The molecule has 0 saturated heterocycles. The van der Waals surface area contributed by atoms with Gasteiger partial charge >= 0.3 is 0 Å². The van der Waals surface area contributed by atoms with Crippen LogP contribution in [0.1, 0.15) is 16.7 Å². The first-order valence-electron chi connectivity index (χ1n) is 11.6. The van der Waals surface area contributed by atoms with E-state index in [0.717, 1.165) is 33.1 Å². The Bertz CT molecular complexity index is 1400. The van der Waals surface area contributed by atoms with Crippen molar-refractivity contribution in [1.82, 2.24) is 4.98 Å². The van der Waals surface area contributed by atoms with E-state index in [1.807, 2.05) is 115 Å². The molecule has 5 rings (SSSR count). The Morgan fingerprint density at radius 3 is 2.00 bits per heavy atom. The molecule has 0 atom stereocenters. The Hall–Kier alpha value is -4.42. The van der Waals surface area contributed by atoms with Crippen molar-refractivity contribution in [3.05, 3.63) is 131 Å². The van der Waals surface area contributed by atoms with Gasteiger partial charge in [0.05, 0.1) is 11.9 Å². The molecule has 0 bridgehead atoms. The summed E-state index contributed by atoms with van der Waals surface area (Å²) in [5, 5.41) is 7.12. The molecule has 0 amide bonds. The highest BCUT2D eigenvalue weighted by Gasteiger charge is 2.08. The quantitative estimate of drug-likeness (QED) is 0.163. The number of ether oxygens (including phenoxy) is 2. The summed E-state index contributed by atoms with van der Waals surface area (Å²) >= 11 is 1.51. The summed E-state index contributed by atoms with van der Waals surface area (Å²) in [5.41, 5.74) is 8.10. The van der Waals surface area contributed by atoms with E-state index in [1.165, 1.54) is 11.3 Å². The molecule has 4 aromatic carbocycles. The van der Waals surface area contributed by atoms with Gasteiger partial charge in [-0.3, -0.25) is 5.43 Å². The van der Waals surface area contributed by atoms with E-state index in [-0.39, 0.29) is 0 Å². The molecule has 0 fully saturated rings. The van der Waals surface area contributed by atoms with Crippen molar-refractivity contribution in [3.63, 3.8) is 0 Å².